The first-order valence-electron chi connectivity index (χ1n) is 6.60. The number of nitrogens with one attached hydrogen (secondary N) is 2. The van der Waals surface area contributed by atoms with E-state index in [-0.39, 0.29) is 18.1 Å². The first kappa shape index (κ1) is 14.3. The molecule has 1 unspecified atom stereocenters. The Balaban J connectivity index is 2.32. The van der Waals surface area contributed by atoms with Crippen LogP contribution in [0.1, 0.15) is 52.9 Å². The van der Waals surface area contributed by atoms with Gasteiger partial charge in [0.25, 0.3) is 0 Å². The van der Waals surface area contributed by atoms with E-state index in [0.29, 0.717) is 0 Å². The lowest BCUT2D eigenvalue weighted by Gasteiger charge is -2.39. The summed E-state index contributed by atoms with van der Waals surface area (Å²) in [7, 11) is 0. The van der Waals surface area contributed by atoms with Crippen molar-refractivity contribution in [1.82, 2.24) is 10.6 Å². The zero-order valence-corrected chi connectivity index (χ0v) is 11.3. The zero-order chi connectivity index (χ0) is 12.9. The zero-order valence-electron chi connectivity index (χ0n) is 11.3. The Labute approximate surface area is 104 Å². The van der Waals surface area contributed by atoms with Crippen molar-refractivity contribution < 1.29 is 9.90 Å². The number of amides is 2. The highest BCUT2D eigenvalue weighted by molar-refractivity contribution is 5.74. The molecule has 100 valence electrons. The van der Waals surface area contributed by atoms with E-state index < -0.39 is 5.54 Å². The second-order valence-corrected chi connectivity index (χ2v) is 5.94. The molecular formula is C13H26N2O2. The van der Waals surface area contributed by atoms with Gasteiger partial charge in [0.2, 0.25) is 0 Å². The van der Waals surface area contributed by atoms with Gasteiger partial charge >= 0.3 is 6.03 Å². The number of carbonyl (C=O) groups is 1. The van der Waals surface area contributed by atoms with Crippen molar-refractivity contribution in [2.75, 3.05) is 13.2 Å². The van der Waals surface area contributed by atoms with E-state index in [9.17, 15) is 9.90 Å². The van der Waals surface area contributed by atoms with E-state index in [1.807, 2.05) is 13.8 Å². The van der Waals surface area contributed by atoms with Crippen LogP contribution in [-0.4, -0.2) is 29.8 Å². The maximum absolute atomic E-state index is 11.7. The van der Waals surface area contributed by atoms with Crippen LogP contribution in [0, 0.1) is 5.41 Å². The van der Waals surface area contributed by atoms with Crippen LogP contribution in [0.15, 0.2) is 0 Å². The molecule has 0 bridgehead atoms. The molecule has 3 N–H and O–H groups in total. The minimum atomic E-state index is -0.501. The van der Waals surface area contributed by atoms with Gasteiger partial charge in [-0.3, -0.25) is 0 Å². The molecule has 1 saturated carbocycles. The van der Waals surface area contributed by atoms with Crippen LogP contribution in [-0.2, 0) is 0 Å². The van der Waals surface area contributed by atoms with Crippen molar-refractivity contribution in [3.63, 3.8) is 0 Å². The summed E-state index contributed by atoms with van der Waals surface area (Å²) >= 11 is 0. The molecule has 4 nitrogen and oxygen atoms in total. The SMILES string of the molecule is CCCC(C)(CO)NC(=O)NCC1(C)CCC1. The van der Waals surface area contributed by atoms with Gasteiger partial charge in [-0.1, -0.05) is 26.7 Å². The molecule has 2 amide bonds. The van der Waals surface area contributed by atoms with E-state index in [0.717, 1.165) is 19.4 Å². The number of aliphatic hydroxyl groups excluding tert-OH is 1. The summed E-state index contributed by atoms with van der Waals surface area (Å²) < 4.78 is 0. The second-order valence-electron chi connectivity index (χ2n) is 5.94. The molecule has 0 radical (unpaired) electrons. The quantitative estimate of drug-likeness (QED) is 0.667. The predicted molar refractivity (Wildman–Crippen MR) is 68.9 cm³/mol. The number of carbonyl (C=O) groups excluding carboxylic acids is 1. The molecule has 0 saturated heterocycles. The van der Waals surface area contributed by atoms with E-state index in [4.69, 9.17) is 0 Å². The molecule has 0 heterocycles. The van der Waals surface area contributed by atoms with E-state index >= 15 is 0 Å². The average Bonchev–Trinajstić information content (AvgIpc) is 2.24. The van der Waals surface area contributed by atoms with Crippen molar-refractivity contribution in [2.45, 2.75) is 58.4 Å². The van der Waals surface area contributed by atoms with Gasteiger partial charge < -0.3 is 15.7 Å². The van der Waals surface area contributed by atoms with E-state index in [2.05, 4.69) is 17.6 Å². The summed E-state index contributed by atoms with van der Waals surface area (Å²) in [5.41, 5.74) is -0.211. The van der Waals surface area contributed by atoms with Gasteiger partial charge in [-0.05, 0) is 31.6 Å². The summed E-state index contributed by atoms with van der Waals surface area (Å²) in [4.78, 5) is 11.7. The van der Waals surface area contributed by atoms with Gasteiger partial charge in [0.15, 0.2) is 0 Å². The first-order chi connectivity index (χ1) is 7.93. The molecule has 1 aliphatic rings. The molecule has 0 aromatic heterocycles. The fourth-order valence-corrected chi connectivity index (χ4v) is 2.30. The number of hydrogen-bond acceptors (Lipinski definition) is 2. The van der Waals surface area contributed by atoms with Crippen LogP contribution in [0.3, 0.4) is 0 Å². The normalized spacial score (nSPS) is 21.2. The molecule has 0 aromatic carbocycles. The molecule has 1 aliphatic carbocycles. The van der Waals surface area contributed by atoms with Crippen molar-refractivity contribution in [2.24, 2.45) is 5.41 Å². The fraction of sp³-hybridized carbons (Fsp3) is 0.923. The molecular weight excluding hydrogens is 216 g/mol. The van der Waals surface area contributed by atoms with Crippen LogP contribution in [0.25, 0.3) is 0 Å². The Kier molecular flexibility index (Phi) is 4.80. The number of rotatable bonds is 6. The fourth-order valence-electron chi connectivity index (χ4n) is 2.30. The van der Waals surface area contributed by atoms with E-state index in [1.165, 1.54) is 19.3 Å². The summed E-state index contributed by atoms with van der Waals surface area (Å²) in [5, 5.41) is 15.1. The molecule has 1 fully saturated rings. The van der Waals surface area contributed by atoms with Crippen LogP contribution in [0.2, 0.25) is 0 Å². The molecule has 0 aliphatic heterocycles. The van der Waals surface area contributed by atoms with Gasteiger partial charge in [0.05, 0.1) is 12.1 Å². The smallest absolute Gasteiger partial charge is 0.315 e. The van der Waals surface area contributed by atoms with Crippen molar-refractivity contribution >= 4 is 6.03 Å². The minimum Gasteiger partial charge on any atom is -0.394 e. The van der Waals surface area contributed by atoms with Crippen LogP contribution in [0.5, 0.6) is 0 Å². The van der Waals surface area contributed by atoms with Crippen LogP contribution in [0.4, 0.5) is 4.79 Å². The Morgan fingerprint density at radius 2 is 2.12 bits per heavy atom. The Morgan fingerprint density at radius 1 is 1.47 bits per heavy atom. The predicted octanol–water partition coefficient (Wildman–Crippen LogP) is 2.03. The topological polar surface area (TPSA) is 61.4 Å². The van der Waals surface area contributed by atoms with Gasteiger partial charge in [-0.2, -0.15) is 0 Å². The van der Waals surface area contributed by atoms with Gasteiger partial charge in [-0.15, -0.1) is 0 Å². The molecule has 0 spiro atoms. The third kappa shape index (κ3) is 4.19. The standard InChI is InChI=1S/C13H26N2O2/c1-4-6-13(3,10-16)15-11(17)14-9-12(2)7-5-8-12/h16H,4-10H2,1-3H3,(H2,14,15,17). The highest BCUT2D eigenvalue weighted by atomic mass is 16.3. The lowest BCUT2D eigenvalue weighted by Crippen LogP contribution is -2.54. The summed E-state index contributed by atoms with van der Waals surface area (Å²) in [6.07, 6.45) is 5.38. The Morgan fingerprint density at radius 3 is 2.53 bits per heavy atom. The summed E-state index contributed by atoms with van der Waals surface area (Å²) in [6, 6.07) is -0.164. The molecule has 1 rings (SSSR count). The number of urea groups is 1. The lowest BCUT2D eigenvalue weighted by atomic mass is 9.70. The molecule has 4 heteroatoms. The highest BCUT2D eigenvalue weighted by Crippen LogP contribution is 2.39. The van der Waals surface area contributed by atoms with Crippen LogP contribution < -0.4 is 10.6 Å². The van der Waals surface area contributed by atoms with Crippen LogP contribution >= 0.6 is 0 Å². The van der Waals surface area contributed by atoms with E-state index in [1.54, 1.807) is 0 Å². The summed E-state index contributed by atoms with van der Waals surface area (Å²) in [5.74, 6) is 0. The number of hydrogen-bond donors (Lipinski definition) is 3. The van der Waals surface area contributed by atoms with Crippen molar-refractivity contribution in [3.8, 4) is 0 Å². The third-order valence-corrected chi connectivity index (χ3v) is 3.80. The monoisotopic (exact) mass is 242 g/mol. The largest absolute Gasteiger partial charge is 0.394 e. The average molecular weight is 242 g/mol. The van der Waals surface area contributed by atoms with Gasteiger partial charge in [0.1, 0.15) is 0 Å². The first-order valence-corrected chi connectivity index (χ1v) is 6.60. The Hall–Kier alpha value is -0.770. The van der Waals surface area contributed by atoms with Gasteiger partial charge in [0, 0.05) is 6.54 Å². The minimum absolute atomic E-state index is 0.0223. The van der Waals surface area contributed by atoms with Crippen molar-refractivity contribution in [3.05, 3.63) is 0 Å². The molecule has 1 atom stereocenters. The Bertz CT molecular complexity index is 264. The number of aliphatic hydroxyl groups is 1. The third-order valence-electron chi connectivity index (χ3n) is 3.80. The second kappa shape index (κ2) is 5.71. The van der Waals surface area contributed by atoms with Crippen molar-refractivity contribution in [1.29, 1.82) is 0 Å². The lowest BCUT2D eigenvalue weighted by molar-refractivity contribution is 0.144. The maximum atomic E-state index is 11.7. The molecule has 17 heavy (non-hydrogen) atoms. The maximum Gasteiger partial charge on any atom is 0.315 e. The highest BCUT2D eigenvalue weighted by Gasteiger charge is 2.32. The molecule has 0 aromatic rings. The van der Waals surface area contributed by atoms with Gasteiger partial charge in [-0.25, -0.2) is 4.79 Å². The summed E-state index contributed by atoms with van der Waals surface area (Å²) in [6.45, 7) is 6.83.